The first kappa shape index (κ1) is 14.6. The lowest BCUT2D eigenvalue weighted by Crippen LogP contribution is -2.35. The molecule has 3 heteroatoms. The Morgan fingerprint density at radius 3 is 2.62 bits per heavy atom. The van der Waals surface area contributed by atoms with Crippen LogP contribution in [0.2, 0.25) is 0 Å². The average molecular weight is 303 g/mol. The molecule has 2 heterocycles. The second kappa shape index (κ2) is 6.23. The molecule has 1 saturated heterocycles. The molecule has 1 aliphatic rings. The van der Waals surface area contributed by atoms with E-state index in [2.05, 4.69) is 36.9 Å². The summed E-state index contributed by atoms with van der Waals surface area (Å²) in [5.41, 5.74) is 2.24. The van der Waals surface area contributed by atoms with Crippen molar-refractivity contribution in [3.05, 3.63) is 35.9 Å². The van der Waals surface area contributed by atoms with Gasteiger partial charge in [0.1, 0.15) is 5.82 Å². The van der Waals surface area contributed by atoms with Crippen LogP contribution in [0.5, 0.6) is 0 Å². The van der Waals surface area contributed by atoms with Crippen molar-refractivity contribution in [2.45, 2.75) is 32.6 Å². The summed E-state index contributed by atoms with van der Waals surface area (Å²) in [6, 6.07) is 10.4. The molecule has 0 atom stereocenters. The standard InChI is InChI=1S/C18H23ClN2/c1-13(2)14-7-9-21(10-8-14)18-11-15(12-19)16-5-3-4-6-17(16)20-18/h3-6,11,13-14H,7-10,12H2,1-2H3. The number of hydrogen-bond acceptors (Lipinski definition) is 2. The predicted molar refractivity (Wildman–Crippen MR) is 91.1 cm³/mol. The lowest BCUT2D eigenvalue weighted by molar-refractivity contribution is 0.311. The summed E-state index contributed by atoms with van der Waals surface area (Å²) < 4.78 is 0. The van der Waals surface area contributed by atoms with E-state index in [4.69, 9.17) is 16.6 Å². The molecule has 0 N–H and O–H groups in total. The van der Waals surface area contributed by atoms with Crippen LogP contribution in [0.3, 0.4) is 0 Å². The third kappa shape index (κ3) is 3.01. The van der Waals surface area contributed by atoms with Crippen LogP contribution in [0, 0.1) is 11.8 Å². The van der Waals surface area contributed by atoms with Gasteiger partial charge in [0, 0.05) is 24.4 Å². The molecule has 2 aromatic rings. The van der Waals surface area contributed by atoms with Crippen molar-refractivity contribution >= 4 is 28.3 Å². The van der Waals surface area contributed by atoms with E-state index in [0.29, 0.717) is 5.88 Å². The van der Waals surface area contributed by atoms with E-state index in [1.54, 1.807) is 0 Å². The molecular weight excluding hydrogens is 280 g/mol. The van der Waals surface area contributed by atoms with Gasteiger partial charge in [-0.3, -0.25) is 0 Å². The highest BCUT2D eigenvalue weighted by Crippen LogP contribution is 2.29. The highest BCUT2D eigenvalue weighted by molar-refractivity contribution is 6.18. The molecule has 0 saturated carbocycles. The highest BCUT2D eigenvalue weighted by Gasteiger charge is 2.22. The van der Waals surface area contributed by atoms with Crippen molar-refractivity contribution < 1.29 is 0 Å². The Morgan fingerprint density at radius 2 is 1.95 bits per heavy atom. The van der Waals surface area contributed by atoms with Gasteiger partial charge in [-0.25, -0.2) is 4.98 Å². The quantitative estimate of drug-likeness (QED) is 0.754. The highest BCUT2D eigenvalue weighted by atomic mass is 35.5. The molecule has 0 aliphatic carbocycles. The largest absolute Gasteiger partial charge is 0.357 e. The zero-order chi connectivity index (χ0) is 14.8. The number of nitrogens with zero attached hydrogens (tertiary/aromatic N) is 2. The molecule has 0 spiro atoms. The van der Waals surface area contributed by atoms with Gasteiger partial charge in [-0.2, -0.15) is 0 Å². The zero-order valence-corrected chi connectivity index (χ0v) is 13.6. The molecular formula is C18H23ClN2. The number of benzene rings is 1. The maximum atomic E-state index is 6.14. The normalized spacial score (nSPS) is 16.9. The molecule has 1 fully saturated rings. The molecule has 0 radical (unpaired) electrons. The van der Waals surface area contributed by atoms with E-state index >= 15 is 0 Å². The fourth-order valence-electron chi connectivity index (χ4n) is 3.30. The van der Waals surface area contributed by atoms with E-state index in [0.717, 1.165) is 36.3 Å². The molecule has 1 aromatic heterocycles. The number of rotatable bonds is 3. The molecule has 112 valence electrons. The van der Waals surface area contributed by atoms with Gasteiger partial charge in [0.05, 0.1) is 5.52 Å². The Balaban J connectivity index is 1.88. The summed E-state index contributed by atoms with van der Waals surface area (Å²) in [6.45, 7) is 6.88. The number of hydrogen-bond donors (Lipinski definition) is 0. The molecule has 1 aliphatic heterocycles. The molecule has 2 nitrogen and oxygen atoms in total. The molecule has 21 heavy (non-hydrogen) atoms. The second-order valence-corrected chi connectivity index (χ2v) is 6.63. The summed E-state index contributed by atoms with van der Waals surface area (Å²) in [6.07, 6.45) is 2.53. The van der Waals surface area contributed by atoms with Crippen LogP contribution in [-0.4, -0.2) is 18.1 Å². The van der Waals surface area contributed by atoms with Gasteiger partial charge in [0.15, 0.2) is 0 Å². The van der Waals surface area contributed by atoms with Crippen LogP contribution >= 0.6 is 11.6 Å². The van der Waals surface area contributed by atoms with Crippen LogP contribution in [-0.2, 0) is 5.88 Å². The SMILES string of the molecule is CC(C)C1CCN(c2cc(CCl)c3ccccc3n2)CC1. The molecule has 1 aromatic carbocycles. The minimum absolute atomic E-state index is 0.540. The number of alkyl halides is 1. The summed E-state index contributed by atoms with van der Waals surface area (Å²) in [4.78, 5) is 7.26. The van der Waals surface area contributed by atoms with Crippen LogP contribution in [0.1, 0.15) is 32.3 Å². The van der Waals surface area contributed by atoms with Gasteiger partial charge in [-0.05, 0) is 42.4 Å². The van der Waals surface area contributed by atoms with Crippen molar-refractivity contribution in [2.24, 2.45) is 11.8 Å². The molecule has 0 bridgehead atoms. The Hall–Kier alpha value is -1.28. The van der Waals surface area contributed by atoms with Crippen molar-refractivity contribution in [1.29, 1.82) is 0 Å². The summed E-state index contributed by atoms with van der Waals surface area (Å²) in [7, 11) is 0. The maximum absolute atomic E-state index is 6.14. The maximum Gasteiger partial charge on any atom is 0.129 e. The zero-order valence-electron chi connectivity index (χ0n) is 12.8. The van der Waals surface area contributed by atoms with Gasteiger partial charge in [0.2, 0.25) is 0 Å². The van der Waals surface area contributed by atoms with Gasteiger partial charge in [0.25, 0.3) is 0 Å². The summed E-state index contributed by atoms with van der Waals surface area (Å²) in [5.74, 6) is 3.27. The second-order valence-electron chi connectivity index (χ2n) is 6.36. The number of fused-ring (bicyclic) bond motifs is 1. The molecule has 0 unspecified atom stereocenters. The van der Waals surface area contributed by atoms with E-state index < -0.39 is 0 Å². The molecule has 0 amide bonds. The number of piperidine rings is 1. The fraction of sp³-hybridized carbons (Fsp3) is 0.500. The first-order valence-electron chi connectivity index (χ1n) is 7.88. The number of aromatic nitrogens is 1. The van der Waals surface area contributed by atoms with Gasteiger partial charge < -0.3 is 4.90 Å². The van der Waals surface area contributed by atoms with Crippen molar-refractivity contribution in [2.75, 3.05) is 18.0 Å². The summed E-state index contributed by atoms with van der Waals surface area (Å²) in [5, 5.41) is 1.17. The number of para-hydroxylation sites is 1. The third-order valence-corrected chi connectivity index (χ3v) is 5.03. The predicted octanol–water partition coefficient (Wildman–Crippen LogP) is 4.85. The first-order chi connectivity index (χ1) is 10.2. The van der Waals surface area contributed by atoms with E-state index in [1.807, 2.05) is 12.1 Å². The lowest BCUT2D eigenvalue weighted by Gasteiger charge is -2.34. The third-order valence-electron chi connectivity index (χ3n) is 4.74. The van der Waals surface area contributed by atoms with Crippen LogP contribution < -0.4 is 4.90 Å². The Bertz CT molecular complexity index is 616. The Labute approximate surface area is 132 Å². The average Bonchev–Trinajstić information content (AvgIpc) is 2.53. The topological polar surface area (TPSA) is 16.1 Å². The number of pyridine rings is 1. The van der Waals surface area contributed by atoms with Crippen molar-refractivity contribution in [3.63, 3.8) is 0 Å². The minimum Gasteiger partial charge on any atom is -0.357 e. The summed E-state index contributed by atoms with van der Waals surface area (Å²) >= 11 is 6.14. The van der Waals surface area contributed by atoms with E-state index in [1.165, 1.54) is 23.8 Å². The molecule has 3 rings (SSSR count). The van der Waals surface area contributed by atoms with Crippen molar-refractivity contribution in [1.82, 2.24) is 4.98 Å². The minimum atomic E-state index is 0.540. The number of anilines is 1. The van der Waals surface area contributed by atoms with Crippen LogP contribution in [0.4, 0.5) is 5.82 Å². The van der Waals surface area contributed by atoms with Crippen LogP contribution in [0.15, 0.2) is 30.3 Å². The monoisotopic (exact) mass is 302 g/mol. The van der Waals surface area contributed by atoms with Gasteiger partial charge in [-0.1, -0.05) is 32.0 Å². The van der Waals surface area contributed by atoms with Gasteiger partial charge in [-0.15, -0.1) is 11.6 Å². The smallest absolute Gasteiger partial charge is 0.129 e. The van der Waals surface area contributed by atoms with E-state index in [-0.39, 0.29) is 0 Å². The van der Waals surface area contributed by atoms with Gasteiger partial charge >= 0.3 is 0 Å². The first-order valence-corrected chi connectivity index (χ1v) is 8.42. The van der Waals surface area contributed by atoms with Crippen LogP contribution in [0.25, 0.3) is 10.9 Å². The van der Waals surface area contributed by atoms with Crippen molar-refractivity contribution in [3.8, 4) is 0 Å². The van der Waals surface area contributed by atoms with E-state index in [9.17, 15) is 0 Å². The fourth-order valence-corrected chi connectivity index (χ4v) is 3.52. The Morgan fingerprint density at radius 1 is 1.24 bits per heavy atom. The number of halogens is 1. The Kier molecular flexibility index (Phi) is 4.34. The lowest BCUT2D eigenvalue weighted by atomic mass is 9.87.